The van der Waals surface area contributed by atoms with E-state index >= 15 is 0 Å². The fraction of sp³-hybridized carbons (Fsp3) is 0.700. The van der Waals surface area contributed by atoms with E-state index in [9.17, 15) is 121 Å². The van der Waals surface area contributed by atoms with Crippen LogP contribution in [-0.4, -0.2) is 337 Å². The summed E-state index contributed by atoms with van der Waals surface area (Å²) in [6.07, 6.45) is -15.3. The molecule has 3 aromatic rings. The molecule has 0 bridgehead atoms. The second kappa shape index (κ2) is 55.2. The molecule has 1 unspecified atom stereocenters. The molecule has 708 valence electrons. The number of hydrogen-bond acceptors (Lipinski definition) is 29. The Labute approximate surface area is 730 Å². The van der Waals surface area contributed by atoms with Crippen LogP contribution >= 0.6 is 0 Å². The van der Waals surface area contributed by atoms with Crippen molar-refractivity contribution in [3.63, 3.8) is 0 Å². The summed E-state index contributed by atoms with van der Waals surface area (Å²) in [6.45, 7) is 20.0. The van der Waals surface area contributed by atoms with Gasteiger partial charge in [0.15, 0.2) is 6.10 Å². The number of likely N-dealkylation sites (N-methyl/N-ethyl adjacent to an activating group) is 2. The molecule has 0 aliphatic carbocycles. The fourth-order valence-electron chi connectivity index (χ4n) is 17.3. The standard InChI is InChI=1S/C31H33NO5.C10H17F2NO3.2C10H18FNO3.C10H18FNO2.C10H19NO3.C9H16FNO3/c1-3-27-29(37-31(35)25-17-11-6-12-18-25)28(36-30(34)24-15-9-5-10-16-24)26(19-22(2)33)21-32(27)20-23-13-7-4-8-14-23;1-5(14)3-6-4-13(2)7(10(11)12)9(16)8(6)15;1-6(13)3-7-5-12(2)8(4-11)10(15)9(7)14;1-5(13)3-7-4-12-8(6(2)11)10(15)9(7)14;1-3-8-9(11)10(14)7(5-12-8)4-6(2)13;1-3-8-10(14)9(13)7(5-11-8)4-6(2)12;1-5(13)2-6-3-11-7(4-12)8(10)9(6)14/h4-18,26-29H,3,19-21H2,1-2H3;6-10,15-16H,3-4H2,1-2H3;7-10,14-15H,3-5H2,1-2H3;6-10,12,14-15H,3-4H2,1-2H3;7-10,12,14H,3-5H2,1-2H3;7-11,13-14H,3-5H2,1-2H3;6-9,11-12,14H,2-4H2,1H3/t26-,27+,28+,29+;6-,7-,8+,9+;7-,8+,9+,10+;6?,7-,8+,9+,10+;2*7-,8+,9+,10+;6-,7+,8-,9+/m0000000/s1. The molecule has 0 aromatic heterocycles. The van der Waals surface area contributed by atoms with Crippen LogP contribution in [0.1, 0.15) is 167 Å². The second-order valence-electron chi connectivity index (χ2n) is 34.4. The van der Waals surface area contributed by atoms with Crippen molar-refractivity contribution in [2.24, 2.45) is 41.4 Å². The number of ketones is 7. The summed E-state index contributed by atoms with van der Waals surface area (Å²) in [4.78, 5) is 109. The third kappa shape index (κ3) is 34.8. The third-order valence-electron chi connectivity index (χ3n) is 24.0. The topological polar surface area (TPSA) is 452 Å². The molecule has 29 atom stereocenters. The number of esters is 2. The van der Waals surface area contributed by atoms with Crippen LogP contribution in [0.5, 0.6) is 0 Å². The predicted molar refractivity (Wildman–Crippen MR) is 454 cm³/mol. The van der Waals surface area contributed by atoms with Gasteiger partial charge in [0.25, 0.3) is 6.43 Å². The number of carbonyl (C=O) groups excluding carboxylic acids is 9. The molecule has 0 radical (unpaired) electrons. The van der Waals surface area contributed by atoms with E-state index in [0.717, 1.165) is 12.0 Å². The number of aliphatic hydroxyl groups is 11. The number of Topliss-reactive ketones (excluding diaryl/α,β-unsaturated/α-hetero) is 7. The highest BCUT2D eigenvalue weighted by Crippen LogP contribution is 2.36. The van der Waals surface area contributed by atoms with E-state index in [-0.39, 0.29) is 146 Å². The van der Waals surface area contributed by atoms with E-state index in [1.54, 1.807) is 60.5 Å². The second-order valence-corrected chi connectivity index (χ2v) is 34.4. The Morgan fingerprint density at radius 2 is 0.760 bits per heavy atom. The smallest absolute Gasteiger partial charge is 0.338 e. The van der Waals surface area contributed by atoms with Crippen molar-refractivity contribution >= 4 is 52.4 Å². The highest BCUT2D eigenvalue weighted by atomic mass is 19.3. The van der Waals surface area contributed by atoms with E-state index in [4.69, 9.17) is 14.6 Å². The van der Waals surface area contributed by atoms with E-state index in [2.05, 4.69) is 38.3 Å². The molecule has 35 heteroatoms. The Bertz CT molecular complexity index is 3620. The summed E-state index contributed by atoms with van der Waals surface area (Å²) in [5.41, 5.74) is 1.96. The lowest BCUT2D eigenvalue weighted by atomic mass is 9.82. The Morgan fingerprint density at radius 1 is 0.408 bits per heavy atom. The summed E-state index contributed by atoms with van der Waals surface area (Å²) in [5, 5.41) is 117. The molecule has 15 N–H and O–H groups in total. The molecule has 125 heavy (non-hydrogen) atoms. The van der Waals surface area contributed by atoms with E-state index in [1.807, 2.05) is 51.1 Å². The lowest BCUT2D eigenvalue weighted by molar-refractivity contribution is -0.144. The lowest BCUT2D eigenvalue weighted by Crippen LogP contribution is -2.61. The van der Waals surface area contributed by atoms with E-state index in [1.165, 1.54) is 67.3 Å². The van der Waals surface area contributed by atoms with Crippen LogP contribution < -0.4 is 21.3 Å². The number of piperidine rings is 7. The number of likely N-dealkylation sites (tertiary alicyclic amines) is 3. The quantitative estimate of drug-likeness (QED) is 0.0378. The molecule has 7 fully saturated rings. The molecule has 7 aliphatic heterocycles. The number of ether oxygens (including phenoxy) is 2. The van der Waals surface area contributed by atoms with Crippen LogP contribution in [0.25, 0.3) is 0 Å². The van der Waals surface area contributed by atoms with Gasteiger partial charge >= 0.3 is 11.9 Å². The Hall–Kier alpha value is -6.85. The van der Waals surface area contributed by atoms with Gasteiger partial charge in [0.05, 0.1) is 103 Å². The monoisotopic (exact) mass is 1780 g/mol. The number of nitrogens with zero attached hydrogens (tertiary/aromatic N) is 3. The minimum Gasteiger partial charge on any atom is -0.454 e. The first-order chi connectivity index (χ1) is 58.9. The first-order valence-corrected chi connectivity index (χ1v) is 43.2. The maximum absolute atomic E-state index is 13.5. The van der Waals surface area contributed by atoms with Crippen LogP contribution in [0.15, 0.2) is 91.0 Å². The molecule has 7 aliphatic rings. The molecule has 29 nitrogen and oxygen atoms in total. The summed E-state index contributed by atoms with van der Waals surface area (Å²) in [6, 6.07) is 23.6. The molecule has 7 saturated heterocycles. The van der Waals surface area contributed by atoms with Gasteiger partial charge in [-0.05, 0) is 119 Å². The summed E-state index contributed by atoms with van der Waals surface area (Å²) in [5.74, 6) is -3.43. The maximum atomic E-state index is 13.5. The van der Waals surface area contributed by atoms with Crippen LogP contribution in [0, 0.1) is 41.4 Å². The number of benzene rings is 3. The lowest BCUT2D eigenvalue weighted by Gasteiger charge is -2.47. The van der Waals surface area contributed by atoms with Crippen molar-refractivity contribution in [3.8, 4) is 0 Å². The van der Waals surface area contributed by atoms with Gasteiger partial charge in [0.1, 0.15) is 77.9 Å². The van der Waals surface area contributed by atoms with Gasteiger partial charge in [-0.25, -0.2) is 35.9 Å². The molecule has 0 spiro atoms. The summed E-state index contributed by atoms with van der Waals surface area (Å²) >= 11 is 0. The van der Waals surface area contributed by atoms with Gasteiger partial charge < -0.3 is 120 Å². The van der Waals surface area contributed by atoms with Crippen molar-refractivity contribution < 1.29 is 135 Å². The van der Waals surface area contributed by atoms with Gasteiger partial charge in [-0.15, -0.1) is 0 Å². The third-order valence-corrected chi connectivity index (χ3v) is 24.0. The van der Waals surface area contributed by atoms with Gasteiger partial charge in [-0.2, -0.15) is 0 Å². The van der Waals surface area contributed by atoms with E-state index < -0.39 is 147 Å². The molecule has 7 heterocycles. The van der Waals surface area contributed by atoms with Crippen LogP contribution in [0.2, 0.25) is 0 Å². The van der Waals surface area contributed by atoms with Crippen LogP contribution in [0.3, 0.4) is 0 Å². The van der Waals surface area contributed by atoms with Crippen molar-refractivity contribution in [3.05, 3.63) is 108 Å². The van der Waals surface area contributed by atoms with Gasteiger partial charge in [-0.3, -0.25) is 14.7 Å². The van der Waals surface area contributed by atoms with Crippen molar-refractivity contribution in [1.82, 2.24) is 36.0 Å². The average Bonchev–Trinajstić information content (AvgIpc) is 0.783. The molecule has 3 aromatic carbocycles. The molecular weight excluding hydrogens is 1650 g/mol. The number of alkyl halides is 6. The highest BCUT2D eigenvalue weighted by Gasteiger charge is 2.50. The highest BCUT2D eigenvalue weighted by molar-refractivity contribution is 5.90. The summed E-state index contributed by atoms with van der Waals surface area (Å²) in [7, 11) is 3.14. The van der Waals surface area contributed by atoms with Crippen LogP contribution in [-0.2, 0) is 49.6 Å². The number of carbonyl (C=O) groups is 9. The van der Waals surface area contributed by atoms with Gasteiger partial charge in [0, 0.05) is 151 Å². The number of aliphatic hydroxyl groups excluding tert-OH is 11. The van der Waals surface area contributed by atoms with Crippen LogP contribution in [0.4, 0.5) is 26.3 Å². The van der Waals surface area contributed by atoms with Crippen molar-refractivity contribution in [1.29, 1.82) is 0 Å². The molecule has 0 saturated carbocycles. The van der Waals surface area contributed by atoms with E-state index in [0.29, 0.717) is 76.2 Å². The minimum absolute atomic E-state index is 0.00185. The Kier molecular flexibility index (Phi) is 48.8. The largest absolute Gasteiger partial charge is 0.454 e. The first kappa shape index (κ1) is 110. The molecule has 0 amide bonds. The molecular formula is C90H139F6N7O22. The number of nitrogens with one attached hydrogen (secondary N) is 4. The Morgan fingerprint density at radius 3 is 1.16 bits per heavy atom. The average molecular weight is 1790 g/mol. The number of hydrogen-bond donors (Lipinski definition) is 15. The van der Waals surface area contributed by atoms with Gasteiger partial charge in [0.2, 0.25) is 0 Å². The Balaban J connectivity index is 0.000000321. The van der Waals surface area contributed by atoms with Crippen molar-refractivity contribution in [2.45, 2.75) is 287 Å². The molecule has 10 rings (SSSR count). The van der Waals surface area contributed by atoms with Crippen molar-refractivity contribution in [2.75, 3.05) is 73.2 Å². The fourth-order valence-corrected chi connectivity index (χ4v) is 17.3. The zero-order valence-electron chi connectivity index (χ0n) is 74.1. The zero-order valence-corrected chi connectivity index (χ0v) is 74.1. The number of halogens is 6. The maximum Gasteiger partial charge on any atom is 0.338 e. The minimum atomic E-state index is -2.71. The normalized spacial score (nSPS) is 33.2. The first-order valence-electron chi connectivity index (χ1n) is 43.2. The number of rotatable bonds is 27. The predicted octanol–water partition coefficient (Wildman–Crippen LogP) is 4.02. The van der Waals surface area contributed by atoms with Gasteiger partial charge in [-0.1, -0.05) is 87.5 Å². The SMILES string of the molecule is CC(=O)C[C@H]1CN(C)[C@H](C(F)F)[C@@H](O)[C@@H]1O.CC(=O)C[C@H]1CN(C)[C@H](CF)[C@@H](O)[C@@H]1O.CC(=O)C[C@H]1CN[C@H](C(C)F)[C@@H](O)[C@@H]1O.CC(=O)C[C@H]1CN[C@H](CO)[C@H](F)[C@@H]1O.CC[C@@H]1[C@@H](OC(=O)c2ccccc2)[C@H](OC(=O)c2ccccc2)[C@@H](CC(C)=O)CN1Cc1ccccc1.CC[C@H]1NC[C@H](CC(C)=O)[C@@H](O)[C@@H]1F.CC[C@H]1NC[C@H](CC(C)=O)[C@@H](O)[C@@H]1O. The summed E-state index contributed by atoms with van der Waals surface area (Å²) < 4.78 is 89.9. The zero-order chi connectivity index (χ0) is 94.0.